The van der Waals surface area contributed by atoms with Gasteiger partial charge in [-0.1, -0.05) is 6.92 Å². The number of rotatable bonds is 5. The van der Waals surface area contributed by atoms with Gasteiger partial charge in [-0.2, -0.15) is 0 Å². The largest absolute Gasteiger partial charge is 0.550 e. The molecule has 1 amide bonds. The van der Waals surface area contributed by atoms with Crippen molar-refractivity contribution in [2.75, 3.05) is 0 Å². The Morgan fingerprint density at radius 3 is 2.25 bits per heavy atom. The molecule has 68 valence electrons. The van der Waals surface area contributed by atoms with E-state index in [1.165, 1.54) is 0 Å². The van der Waals surface area contributed by atoms with Gasteiger partial charge in [-0.15, -0.1) is 0 Å². The van der Waals surface area contributed by atoms with E-state index in [0.717, 1.165) is 0 Å². The Morgan fingerprint density at radius 2 is 2.00 bits per heavy atom. The van der Waals surface area contributed by atoms with Crippen LogP contribution in [-0.2, 0) is 9.59 Å². The van der Waals surface area contributed by atoms with Gasteiger partial charge in [-0.05, 0) is 25.7 Å². The molecule has 4 heteroatoms. The van der Waals surface area contributed by atoms with Crippen LogP contribution < -0.4 is 10.8 Å². The molecule has 0 aliphatic carbocycles. The highest BCUT2D eigenvalue weighted by molar-refractivity contribution is 5.78. The third-order valence-corrected chi connectivity index (χ3v) is 1.65. The average molecular weight is 170 g/mol. The smallest absolute Gasteiger partial charge is 0.220 e. The van der Waals surface area contributed by atoms with Crippen LogP contribution in [0.3, 0.4) is 0 Å². The Labute approximate surface area is 71.8 Å². The van der Waals surface area contributed by atoms with Crippen molar-refractivity contribution in [3.05, 3.63) is 13.8 Å². The van der Waals surface area contributed by atoms with Crippen LogP contribution >= 0.6 is 0 Å². The van der Waals surface area contributed by atoms with E-state index < -0.39 is 23.7 Å². The van der Waals surface area contributed by atoms with Crippen molar-refractivity contribution in [1.29, 1.82) is 0 Å². The number of hydrogen-bond acceptors (Lipinski definition) is 3. The van der Waals surface area contributed by atoms with Gasteiger partial charge in [0.15, 0.2) is 0 Å². The topological polar surface area (TPSA) is 83.2 Å². The molecule has 4 nitrogen and oxygen atoms in total. The summed E-state index contributed by atoms with van der Waals surface area (Å²) in [4.78, 5) is 20.9. The van der Waals surface area contributed by atoms with Crippen LogP contribution in [0.5, 0.6) is 0 Å². The number of carbonyl (C=O) groups is 2. The van der Waals surface area contributed by atoms with Gasteiger partial charge in [0.2, 0.25) is 5.91 Å². The molecule has 0 saturated carbocycles. The Morgan fingerprint density at radius 1 is 1.50 bits per heavy atom. The van der Waals surface area contributed by atoms with Crippen LogP contribution in [0.2, 0.25) is 0 Å². The number of hydrogen-bond donors (Lipinski definition) is 1. The molecule has 2 unspecified atom stereocenters. The first kappa shape index (κ1) is 10.9. The average Bonchev–Trinajstić information content (AvgIpc) is 1.98. The number of aliphatic carboxylic acids is 1. The first-order chi connectivity index (χ1) is 5.49. The van der Waals surface area contributed by atoms with Crippen molar-refractivity contribution in [2.24, 2.45) is 17.6 Å². The molecule has 2 radical (unpaired) electrons. The summed E-state index contributed by atoms with van der Waals surface area (Å²) < 4.78 is 0. The molecule has 0 fully saturated rings. The first-order valence-corrected chi connectivity index (χ1v) is 3.61. The highest BCUT2D eigenvalue weighted by Gasteiger charge is 2.16. The van der Waals surface area contributed by atoms with Gasteiger partial charge < -0.3 is 15.6 Å². The lowest BCUT2D eigenvalue weighted by atomic mass is 9.93. The van der Waals surface area contributed by atoms with Gasteiger partial charge in [0.05, 0.1) is 0 Å². The lowest BCUT2D eigenvalue weighted by Crippen LogP contribution is -2.33. The number of carboxylic acids is 1. The van der Waals surface area contributed by atoms with Crippen LogP contribution in [-0.4, -0.2) is 11.9 Å². The minimum atomic E-state index is -1.27. The fourth-order valence-electron chi connectivity index (χ4n) is 0.816. The number of carbonyl (C=O) groups excluding carboxylic acids is 2. The number of carboxylic acid groups (broad SMARTS) is 1. The van der Waals surface area contributed by atoms with Gasteiger partial charge in [0, 0.05) is 11.9 Å². The minimum Gasteiger partial charge on any atom is -0.550 e. The second-order valence-corrected chi connectivity index (χ2v) is 2.64. The van der Waals surface area contributed by atoms with E-state index in [4.69, 9.17) is 5.73 Å². The first-order valence-electron chi connectivity index (χ1n) is 3.61. The molecule has 0 aromatic carbocycles. The van der Waals surface area contributed by atoms with Crippen LogP contribution in [0.1, 0.15) is 12.8 Å². The van der Waals surface area contributed by atoms with Crippen LogP contribution in [0, 0.1) is 25.7 Å². The molecule has 2 atom stereocenters. The fraction of sp³-hybridized carbons (Fsp3) is 0.500. The standard InChI is InChI=1S/C8H13NO3/c1-3-6(7(9)10)4-5(2)8(11)12/h5-6H,1-4H2,(H2,9,10)(H,11,12)/p-1. The summed E-state index contributed by atoms with van der Waals surface area (Å²) in [6.07, 6.45) is 0.385. The lowest BCUT2D eigenvalue weighted by Gasteiger charge is -2.17. The molecule has 0 saturated heterocycles. The van der Waals surface area contributed by atoms with Crippen LogP contribution in [0.4, 0.5) is 0 Å². The van der Waals surface area contributed by atoms with Crippen molar-refractivity contribution in [3.63, 3.8) is 0 Å². The second-order valence-electron chi connectivity index (χ2n) is 2.64. The maximum Gasteiger partial charge on any atom is 0.220 e. The molecule has 0 aliphatic heterocycles. The molecular formula is C8H12NO3-. The van der Waals surface area contributed by atoms with E-state index in [1.807, 2.05) is 0 Å². The van der Waals surface area contributed by atoms with E-state index in [9.17, 15) is 14.7 Å². The van der Waals surface area contributed by atoms with Gasteiger partial charge in [-0.25, -0.2) is 0 Å². The second kappa shape index (κ2) is 4.74. The zero-order valence-electron chi connectivity index (χ0n) is 6.79. The van der Waals surface area contributed by atoms with E-state index in [0.29, 0.717) is 0 Å². The highest BCUT2D eigenvalue weighted by Crippen LogP contribution is 2.13. The normalized spacial score (nSPS) is 15.2. The molecule has 0 heterocycles. The van der Waals surface area contributed by atoms with E-state index in [1.54, 1.807) is 0 Å². The Balaban J connectivity index is 4.02. The summed E-state index contributed by atoms with van der Waals surface area (Å²) in [5.41, 5.74) is 4.98. The van der Waals surface area contributed by atoms with Crippen LogP contribution in [0.15, 0.2) is 0 Å². The van der Waals surface area contributed by atoms with Gasteiger partial charge in [-0.3, -0.25) is 4.79 Å². The molecule has 0 bridgehead atoms. The molecule has 0 aromatic heterocycles. The molecule has 0 aliphatic rings. The van der Waals surface area contributed by atoms with Gasteiger partial charge in [0.25, 0.3) is 0 Å². The summed E-state index contributed by atoms with van der Waals surface area (Å²) in [6, 6.07) is 0. The van der Waals surface area contributed by atoms with Gasteiger partial charge in [0.1, 0.15) is 0 Å². The molecular weight excluding hydrogens is 158 g/mol. The Hall–Kier alpha value is -1.06. The molecule has 0 rings (SSSR count). The number of primary amides is 1. The van der Waals surface area contributed by atoms with Crippen molar-refractivity contribution in [2.45, 2.75) is 12.8 Å². The molecule has 0 spiro atoms. The fourth-order valence-corrected chi connectivity index (χ4v) is 0.816. The Kier molecular flexibility index (Phi) is 4.33. The van der Waals surface area contributed by atoms with E-state index >= 15 is 0 Å². The summed E-state index contributed by atoms with van der Waals surface area (Å²) in [6.45, 7) is 6.79. The van der Waals surface area contributed by atoms with Gasteiger partial charge >= 0.3 is 0 Å². The van der Waals surface area contributed by atoms with E-state index in [2.05, 4.69) is 13.8 Å². The molecule has 2 N–H and O–H groups in total. The van der Waals surface area contributed by atoms with Crippen molar-refractivity contribution >= 4 is 11.9 Å². The SMILES string of the molecule is [CH2]CC(CC([CH2])C(=O)[O-])C(N)=O. The minimum absolute atomic E-state index is 0.0984. The molecule has 12 heavy (non-hydrogen) atoms. The maximum atomic E-state index is 10.6. The Bertz CT molecular complexity index is 179. The summed E-state index contributed by atoms with van der Waals surface area (Å²) in [5.74, 6) is -3.23. The molecule has 0 aromatic rings. The predicted octanol–water partition coefficient (Wildman–Crippen LogP) is -1.10. The zero-order chi connectivity index (χ0) is 9.72. The third kappa shape index (κ3) is 3.37. The van der Waals surface area contributed by atoms with Crippen molar-refractivity contribution in [1.82, 2.24) is 0 Å². The highest BCUT2D eigenvalue weighted by atomic mass is 16.4. The van der Waals surface area contributed by atoms with Crippen LogP contribution in [0.25, 0.3) is 0 Å². The van der Waals surface area contributed by atoms with Crippen molar-refractivity contribution in [3.8, 4) is 0 Å². The quantitative estimate of drug-likeness (QED) is 0.568. The lowest BCUT2D eigenvalue weighted by molar-refractivity contribution is -0.310. The predicted molar refractivity (Wildman–Crippen MR) is 41.1 cm³/mol. The summed E-state index contributed by atoms with van der Waals surface area (Å²) >= 11 is 0. The summed E-state index contributed by atoms with van der Waals surface area (Å²) in [7, 11) is 0. The number of nitrogens with two attached hydrogens (primary N) is 1. The third-order valence-electron chi connectivity index (χ3n) is 1.65. The van der Waals surface area contributed by atoms with E-state index in [-0.39, 0.29) is 12.8 Å². The maximum absolute atomic E-state index is 10.6. The monoisotopic (exact) mass is 170 g/mol. The summed E-state index contributed by atoms with van der Waals surface area (Å²) in [5, 5.41) is 10.2. The number of amides is 1. The zero-order valence-corrected chi connectivity index (χ0v) is 6.79. The van der Waals surface area contributed by atoms with Crippen molar-refractivity contribution < 1.29 is 14.7 Å².